The van der Waals surface area contributed by atoms with E-state index in [1.165, 1.54) is 45.3 Å². The van der Waals surface area contributed by atoms with Crippen LogP contribution >= 0.6 is 0 Å². The van der Waals surface area contributed by atoms with E-state index in [9.17, 15) is 0 Å². The lowest BCUT2D eigenvalue weighted by Crippen LogP contribution is -2.42. The summed E-state index contributed by atoms with van der Waals surface area (Å²) in [7, 11) is 0. The van der Waals surface area contributed by atoms with Gasteiger partial charge in [-0.05, 0) is 55.1 Å². The molecule has 3 aliphatic rings. The molecular formula is C15H26N6O. The molecule has 0 amide bonds. The van der Waals surface area contributed by atoms with Gasteiger partial charge in [0.25, 0.3) is 0 Å². The van der Waals surface area contributed by atoms with Crippen molar-refractivity contribution in [1.82, 2.24) is 30.0 Å². The summed E-state index contributed by atoms with van der Waals surface area (Å²) in [5.74, 6) is 1.89. The van der Waals surface area contributed by atoms with Crippen LogP contribution in [0.3, 0.4) is 0 Å². The summed E-state index contributed by atoms with van der Waals surface area (Å²) in [6.45, 7) is 8.53. The number of aromatic nitrogens is 4. The number of ether oxygens (including phenoxy) is 1. The Kier molecular flexibility index (Phi) is 4.36. The zero-order valence-corrected chi connectivity index (χ0v) is 13.2. The van der Waals surface area contributed by atoms with Gasteiger partial charge in [-0.15, -0.1) is 5.10 Å². The fourth-order valence-electron chi connectivity index (χ4n) is 3.60. The Labute approximate surface area is 131 Å². The quantitative estimate of drug-likeness (QED) is 0.792. The number of likely N-dealkylation sites (tertiary alicyclic amines) is 1. The lowest BCUT2D eigenvalue weighted by Gasteiger charge is -2.35. The van der Waals surface area contributed by atoms with Crippen molar-refractivity contribution in [1.29, 1.82) is 0 Å². The molecule has 3 fully saturated rings. The Balaban J connectivity index is 1.24. The van der Waals surface area contributed by atoms with Crippen molar-refractivity contribution in [3.05, 3.63) is 5.82 Å². The minimum Gasteiger partial charge on any atom is -0.379 e. The largest absolute Gasteiger partial charge is 0.379 e. The molecule has 1 aromatic heterocycles. The number of hydrogen-bond donors (Lipinski definition) is 0. The molecule has 0 radical (unpaired) electrons. The van der Waals surface area contributed by atoms with E-state index >= 15 is 0 Å². The van der Waals surface area contributed by atoms with Crippen molar-refractivity contribution >= 4 is 0 Å². The molecule has 22 heavy (non-hydrogen) atoms. The van der Waals surface area contributed by atoms with Crippen LogP contribution in [-0.4, -0.2) is 75.9 Å². The number of tetrazole rings is 1. The van der Waals surface area contributed by atoms with Crippen LogP contribution in [-0.2, 0) is 11.3 Å². The van der Waals surface area contributed by atoms with Gasteiger partial charge in [0.15, 0.2) is 5.82 Å². The van der Waals surface area contributed by atoms with Crippen LogP contribution in [0.1, 0.15) is 37.5 Å². The number of morpholine rings is 1. The second-order valence-corrected chi connectivity index (χ2v) is 6.90. The molecule has 2 aliphatic heterocycles. The van der Waals surface area contributed by atoms with Crippen LogP contribution in [0.15, 0.2) is 0 Å². The predicted octanol–water partition coefficient (Wildman–Crippen LogP) is 0.552. The Hall–Kier alpha value is -1.05. The Morgan fingerprint density at radius 1 is 0.955 bits per heavy atom. The third-order valence-corrected chi connectivity index (χ3v) is 5.15. The zero-order chi connectivity index (χ0) is 14.8. The second kappa shape index (κ2) is 6.60. The van der Waals surface area contributed by atoms with E-state index in [4.69, 9.17) is 4.74 Å². The van der Waals surface area contributed by atoms with Gasteiger partial charge in [-0.3, -0.25) is 9.80 Å². The molecule has 1 aliphatic carbocycles. The maximum Gasteiger partial charge on any atom is 0.165 e. The van der Waals surface area contributed by atoms with Gasteiger partial charge in [-0.1, -0.05) is 0 Å². The zero-order valence-electron chi connectivity index (χ0n) is 13.2. The van der Waals surface area contributed by atoms with E-state index in [1.54, 1.807) is 0 Å². The smallest absolute Gasteiger partial charge is 0.165 e. The van der Waals surface area contributed by atoms with Crippen LogP contribution in [0, 0.1) is 5.92 Å². The van der Waals surface area contributed by atoms with Gasteiger partial charge in [0.1, 0.15) is 0 Å². The normalized spacial score (nSPS) is 25.6. The Morgan fingerprint density at radius 3 is 2.45 bits per heavy atom. The molecule has 0 N–H and O–H groups in total. The molecule has 3 heterocycles. The van der Waals surface area contributed by atoms with Gasteiger partial charge in [-0.25, -0.2) is 4.68 Å². The van der Waals surface area contributed by atoms with Crippen LogP contribution < -0.4 is 0 Å². The predicted molar refractivity (Wildman–Crippen MR) is 81.3 cm³/mol. The highest BCUT2D eigenvalue weighted by Gasteiger charge is 2.29. The van der Waals surface area contributed by atoms with E-state index in [0.29, 0.717) is 6.04 Å². The summed E-state index contributed by atoms with van der Waals surface area (Å²) in [5, 5.41) is 12.2. The summed E-state index contributed by atoms with van der Waals surface area (Å²) in [6.07, 6.45) is 5.06. The van der Waals surface area contributed by atoms with Gasteiger partial charge in [-0.2, -0.15) is 0 Å². The highest BCUT2D eigenvalue weighted by Crippen LogP contribution is 2.34. The van der Waals surface area contributed by atoms with Crippen molar-refractivity contribution in [2.75, 3.05) is 45.9 Å². The average molecular weight is 306 g/mol. The third kappa shape index (κ3) is 3.47. The van der Waals surface area contributed by atoms with E-state index < -0.39 is 0 Å². The molecule has 7 nitrogen and oxygen atoms in total. The highest BCUT2D eigenvalue weighted by molar-refractivity contribution is 4.91. The van der Waals surface area contributed by atoms with Crippen LogP contribution in [0.5, 0.6) is 0 Å². The van der Waals surface area contributed by atoms with Crippen molar-refractivity contribution < 1.29 is 4.74 Å². The summed E-state index contributed by atoms with van der Waals surface area (Å²) in [4.78, 5) is 5.08. The van der Waals surface area contributed by atoms with Gasteiger partial charge in [0, 0.05) is 19.6 Å². The summed E-state index contributed by atoms with van der Waals surface area (Å²) in [5.41, 5.74) is 0. The number of hydrogen-bond acceptors (Lipinski definition) is 6. The standard InChI is InChI=1S/C15H26N6O/c1-2-14(1)21-15(16-17-18-21)12-19-5-3-13(4-6-19)11-20-7-9-22-10-8-20/h13-14H,1-12H2. The molecule has 0 atom stereocenters. The van der Waals surface area contributed by atoms with Crippen molar-refractivity contribution in [2.24, 2.45) is 5.92 Å². The molecule has 0 unspecified atom stereocenters. The minimum atomic E-state index is 0.573. The summed E-state index contributed by atoms with van der Waals surface area (Å²) >= 11 is 0. The summed E-state index contributed by atoms with van der Waals surface area (Å²) < 4.78 is 7.47. The van der Waals surface area contributed by atoms with E-state index in [1.807, 2.05) is 4.68 Å². The Morgan fingerprint density at radius 2 is 1.73 bits per heavy atom. The van der Waals surface area contributed by atoms with Crippen molar-refractivity contribution in [3.8, 4) is 0 Å². The first kappa shape index (κ1) is 14.5. The van der Waals surface area contributed by atoms with E-state index in [0.717, 1.165) is 44.6 Å². The fourth-order valence-corrected chi connectivity index (χ4v) is 3.60. The molecule has 4 rings (SSSR count). The molecule has 1 aromatic rings. The maximum atomic E-state index is 5.43. The average Bonchev–Trinajstić information content (AvgIpc) is 3.30. The van der Waals surface area contributed by atoms with Gasteiger partial charge in [0.05, 0.1) is 25.8 Å². The van der Waals surface area contributed by atoms with Gasteiger partial charge in [0.2, 0.25) is 0 Å². The first-order valence-electron chi connectivity index (χ1n) is 8.67. The maximum absolute atomic E-state index is 5.43. The van der Waals surface area contributed by atoms with Crippen molar-refractivity contribution in [3.63, 3.8) is 0 Å². The summed E-state index contributed by atoms with van der Waals surface area (Å²) in [6, 6.07) is 0.573. The number of rotatable bonds is 5. The van der Waals surface area contributed by atoms with Gasteiger partial charge < -0.3 is 4.74 Å². The number of nitrogens with zero attached hydrogens (tertiary/aromatic N) is 6. The van der Waals surface area contributed by atoms with Gasteiger partial charge >= 0.3 is 0 Å². The third-order valence-electron chi connectivity index (χ3n) is 5.15. The first-order valence-corrected chi connectivity index (χ1v) is 8.67. The topological polar surface area (TPSA) is 59.3 Å². The molecule has 2 saturated heterocycles. The van der Waals surface area contributed by atoms with Crippen LogP contribution in [0.25, 0.3) is 0 Å². The molecule has 122 valence electrons. The molecular weight excluding hydrogens is 280 g/mol. The monoisotopic (exact) mass is 306 g/mol. The molecule has 7 heteroatoms. The lowest BCUT2D eigenvalue weighted by molar-refractivity contribution is 0.0240. The molecule has 0 spiro atoms. The fraction of sp³-hybridized carbons (Fsp3) is 0.933. The second-order valence-electron chi connectivity index (χ2n) is 6.90. The highest BCUT2D eigenvalue weighted by atomic mass is 16.5. The molecule has 0 aromatic carbocycles. The lowest BCUT2D eigenvalue weighted by atomic mass is 9.96. The molecule has 0 bridgehead atoms. The van der Waals surface area contributed by atoms with Crippen LogP contribution in [0.2, 0.25) is 0 Å². The molecule has 1 saturated carbocycles. The first-order chi connectivity index (χ1) is 10.9. The van der Waals surface area contributed by atoms with Crippen molar-refractivity contribution in [2.45, 2.75) is 38.3 Å². The Bertz CT molecular complexity index is 474. The number of piperidine rings is 1. The minimum absolute atomic E-state index is 0.573. The van der Waals surface area contributed by atoms with Crippen LogP contribution in [0.4, 0.5) is 0 Å². The van der Waals surface area contributed by atoms with E-state index in [2.05, 4.69) is 25.3 Å². The SMILES string of the molecule is C1CN(CC2CCN(Cc3nnnn3C3CC3)CC2)CCO1. The van der Waals surface area contributed by atoms with E-state index in [-0.39, 0.29) is 0 Å².